The van der Waals surface area contributed by atoms with Crippen LogP contribution in [0.5, 0.6) is 11.5 Å². The van der Waals surface area contributed by atoms with Gasteiger partial charge in [-0.15, -0.1) is 53.6 Å². The van der Waals surface area contributed by atoms with Crippen molar-refractivity contribution in [3.63, 3.8) is 0 Å². The van der Waals surface area contributed by atoms with Crippen LogP contribution in [0.15, 0.2) is 164 Å². The summed E-state index contributed by atoms with van der Waals surface area (Å²) in [5.41, 5.74) is 14.3. The van der Waals surface area contributed by atoms with Gasteiger partial charge in [-0.2, -0.15) is 6.07 Å². The summed E-state index contributed by atoms with van der Waals surface area (Å²) in [5.74, 6) is 2.34. The topological polar surface area (TPSA) is 33.5 Å². The molecule has 5 nitrogen and oxygen atoms in total. The molecule has 9 aromatic rings. The Hall–Kier alpha value is -6.42. The maximum Gasteiger partial charge on any atom is 0.135 e. The minimum absolute atomic E-state index is 0. The number of fused-ring (bicyclic) bond motifs is 4. The summed E-state index contributed by atoms with van der Waals surface area (Å²) < 4.78 is 9.22. The van der Waals surface area contributed by atoms with Crippen LogP contribution < -0.4 is 14.5 Å². The summed E-state index contributed by atoms with van der Waals surface area (Å²) in [6.07, 6.45) is 1.92. The Balaban J connectivity index is 0.00000578. The third kappa shape index (κ3) is 8.67. The smallest absolute Gasteiger partial charge is 0.135 e. The first-order valence-corrected chi connectivity index (χ1v) is 23.6. The number of benzene rings is 7. The fraction of sp³-hybridized carbons (Fsp3) is 0.226. The molecule has 0 unspecified atom stereocenters. The Kier molecular flexibility index (Phi) is 12.3. The molecule has 0 saturated heterocycles. The van der Waals surface area contributed by atoms with E-state index in [2.05, 4.69) is 254 Å². The molecule has 1 aliphatic rings. The third-order valence-electron chi connectivity index (χ3n) is 13.5. The average Bonchev–Trinajstić information content (AvgIpc) is 3.87. The summed E-state index contributed by atoms with van der Waals surface area (Å²) in [4.78, 5) is 9.58. The molecule has 0 fully saturated rings. The predicted octanol–water partition coefficient (Wildman–Crippen LogP) is 16.7. The van der Waals surface area contributed by atoms with Gasteiger partial charge in [-0.25, -0.2) is 4.98 Å². The number of nitrogens with zero attached hydrogens (tertiary/aromatic N) is 4. The van der Waals surface area contributed by atoms with Gasteiger partial charge in [0.1, 0.15) is 5.82 Å². The van der Waals surface area contributed by atoms with Crippen molar-refractivity contribution >= 4 is 44.6 Å². The van der Waals surface area contributed by atoms with Crippen LogP contribution in [0.2, 0.25) is 0 Å². The van der Waals surface area contributed by atoms with Gasteiger partial charge in [0.25, 0.3) is 0 Å². The maximum atomic E-state index is 7.00. The zero-order valence-electron chi connectivity index (χ0n) is 40.8. The molecule has 6 heteroatoms. The van der Waals surface area contributed by atoms with Gasteiger partial charge in [0.15, 0.2) is 0 Å². The fourth-order valence-corrected chi connectivity index (χ4v) is 9.52. The largest absolute Gasteiger partial charge is 0.509 e. The monoisotopic (exact) mass is 1070 g/mol. The molecule has 0 aliphatic carbocycles. The average molecular weight is 1070 g/mol. The quantitative estimate of drug-likeness (QED) is 0.135. The first-order chi connectivity index (χ1) is 32.0. The molecular weight excluding hydrogens is 1010 g/mol. The van der Waals surface area contributed by atoms with Gasteiger partial charge in [-0.1, -0.05) is 166 Å². The first-order valence-electron chi connectivity index (χ1n) is 23.6. The van der Waals surface area contributed by atoms with Crippen LogP contribution in [0.3, 0.4) is 0 Å². The van der Waals surface area contributed by atoms with Crippen molar-refractivity contribution < 1.29 is 25.8 Å². The van der Waals surface area contributed by atoms with Gasteiger partial charge >= 0.3 is 0 Å². The van der Waals surface area contributed by atoms with E-state index in [1.165, 1.54) is 33.4 Å². The van der Waals surface area contributed by atoms with Gasteiger partial charge in [-0.3, -0.25) is 0 Å². The zero-order chi connectivity index (χ0) is 46.8. The van der Waals surface area contributed by atoms with E-state index in [0.717, 1.165) is 55.9 Å². The number of aromatic nitrogens is 2. The van der Waals surface area contributed by atoms with Crippen LogP contribution in [-0.4, -0.2) is 9.55 Å². The molecule has 0 atom stereocenters. The molecule has 0 radical (unpaired) electrons. The number of hydrogen-bond donors (Lipinski definition) is 0. The van der Waals surface area contributed by atoms with Crippen molar-refractivity contribution in [3.05, 3.63) is 211 Å². The van der Waals surface area contributed by atoms with E-state index in [0.29, 0.717) is 17.4 Å². The Labute approximate surface area is 417 Å². The fourth-order valence-electron chi connectivity index (χ4n) is 9.52. The second kappa shape index (κ2) is 17.9. The summed E-state index contributed by atoms with van der Waals surface area (Å²) in [5, 5.41) is 2.21. The van der Waals surface area contributed by atoms with Crippen LogP contribution >= 0.6 is 0 Å². The molecule has 10 rings (SSSR count). The molecule has 1 aliphatic heterocycles. The Bertz CT molecular complexity index is 3300. The number of rotatable bonds is 9. The van der Waals surface area contributed by atoms with E-state index in [1.807, 2.05) is 12.3 Å². The summed E-state index contributed by atoms with van der Waals surface area (Å²) in [6, 6.07) is 64.1. The summed E-state index contributed by atoms with van der Waals surface area (Å²) in [6.45, 7) is 24.9. The zero-order valence-corrected chi connectivity index (χ0v) is 43.0. The van der Waals surface area contributed by atoms with E-state index in [4.69, 9.17) is 9.72 Å². The van der Waals surface area contributed by atoms with Gasteiger partial charge in [0.05, 0.1) is 0 Å². The van der Waals surface area contributed by atoms with E-state index >= 15 is 0 Å². The number of anilines is 4. The molecule has 3 heterocycles. The SMILES string of the molecule is CC(C)c1ccccc1-c1cc(Oc2[c-]c3c(cc2)c2ccccc2n3-c2cc(C(C)(C)c3ccccc3)ccn2)[c-]c(N2[CH-]N(c3cccc(C(C)(C)C)c3)c3ccc(C(C)(C)C)cc32)c1.[Pt]. The second-order valence-electron chi connectivity index (χ2n) is 20.9. The van der Waals surface area contributed by atoms with Crippen molar-refractivity contribution in [2.24, 2.45) is 0 Å². The standard InChI is InChI=1S/C62H59N4O.Pt/c1-41(2)51-23-14-15-24-52(51)42-33-48(65-40-64(47-22-18-21-44(35-47)60(3,4)5)56-30-27-45(36-58(56)65)61(6,7)8)38-50(34-42)67-49-28-29-54-53-25-16-17-26-55(53)66(57(54)39-49)59-37-46(31-32-63-59)62(9,10)43-19-12-11-13-20-43;/h11-37,40-41H,1-10H3;/q-3;. The predicted molar refractivity (Wildman–Crippen MR) is 280 cm³/mol. The molecule has 0 N–H and O–H groups in total. The molecule has 2 aromatic heterocycles. The van der Waals surface area contributed by atoms with Crippen LogP contribution in [0.1, 0.15) is 103 Å². The maximum absolute atomic E-state index is 7.00. The number of hydrogen-bond acceptors (Lipinski definition) is 4. The molecular formula is C62H59N4OPt-3. The van der Waals surface area contributed by atoms with Gasteiger partial charge in [-0.05, 0) is 98.0 Å². The number of ether oxygens (including phenoxy) is 1. The van der Waals surface area contributed by atoms with E-state index in [-0.39, 0.29) is 37.3 Å². The van der Waals surface area contributed by atoms with Crippen molar-refractivity contribution in [2.75, 3.05) is 9.80 Å². The van der Waals surface area contributed by atoms with Crippen LogP contribution in [-0.2, 0) is 37.3 Å². The molecule has 0 amide bonds. The van der Waals surface area contributed by atoms with E-state index < -0.39 is 0 Å². The van der Waals surface area contributed by atoms with Crippen molar-refractivity contribution in [3.8, 4) is 28.4 Å². The molecule has 346 valence electrons. The Morgan fingerprint density at radius 3 is 2.03 bits per heavy atom. The molecule has 68 heavy (non-hydrogen) atoms. The van der Waals surface area contributed by atoms with Crippen LogP contribution in [0.4, 0.5) is 22.7 Å². The minimum Gasteiger partial charge on any atom is -0.509 e. The van der Waals surface area contributed by atoms with Gasteiger partial charge in [0.2, 0.25) is 0 Å². The Morgan fingerprint density at radius 1 is 0.559 bits per heavy atom. The Morgan fingerprint density at radius 2 is 1.26 bits per heavy atom. The number of para-hydroxylation sites is 1. The van der Waals surface area contributed by atoms with Crippen LogP contribution in [0, 0.1) is 18.8 Å². The van der Waals surface area contributed by atoms with Gasteiger partial charge in [0, 0.05) is 66.8 Å². The normalized spacial score (nSPS) is 13.0. The summed E-state index contributed by atoms with van der Waals surface area (Å²) in [7, 11) is 0. The first kappa shape index (κ1) is 46.7. The van der Waals surface area contributed by atoms with Crippen molar-refractivity contribution in [2.45, 2.75) is 91.4 Å². The second-order valence-corrected chi connectivity index (χ2v) is 20.9. The third-order valence-corrected chi connectivity index (χ3v) is 13.5. The number of pyridine rings is 1. The molecule has 0 saturated carbocycles. The van der Waals surface area contributed by atoms with E-state index in [9.17, 15) is 0 Å². The molecule has 0 bridgehead atoms. The minimum atomic E-state index is -0.239. The van der Waals surface area contributed by atoms with Gasteiger partial charge < -0.3 is 19.1 Å². The van der Waals surface area contributed by atoms with Crippen molar-refractivity contribution in [1.82, 2.24) is 9.55 Å². The van der Waals surface area contributed by atoms with E-state index in [1.54, 1.807) is 0 Å². The molecule has 0 spiro atoms. The summed E-state index contributed by atoms with van der Waals surface area (Å²) >= 11 is 0. The molecule has 7 aromatic carbocycles. The van der Waals surface area contributed by atoms with Crippen molar-refractivity contribution in [1.29, 1.82) is 0 Å². The van der Waals surface area contributed by atoms with Crippen LogP contribution in [0.25, 0.3) is 38.8 Å².